The molecule has 0 saturated carbocycles. The van der Waals surface area contributed by atoms with Crippen molar-refractivity contribution in [3.63, 3.8) is 0 Å². The molecule has 5 rings (SSSR count). The van der Waals surface area contributed by atoms with Gasteiger partial charge in [0.1, 0.15) is 22.9 Å². The van der Waals surface area contributed by atoms with Gasteiger partial charge in [-0.25, -0.2) is 9.97 Å². The second-order valence-corrected chi connectivity index (χ2v) is 12.6. The summed E-state index contributed by atoms with van der Waals surface area (Å²) < 4.78 is 2.08. The first-order valence-corrected chi connectivity index (χ1v) is 13.5. The highest BCUT2D eigenvalue weighted by Crippen LogP contribution is 2.37. The Balaban J connectivity index is 1.52. The molecule has 0 fully saturated rings. The van der Waals surface area contributed by atoms with Crippen molar-refractivity contribution in [1.82, 2.24) is 19.5 Å². The van der Waals surface area contributed by atoms with Crippen LogP contribution in [0, 0.1) is 10.8 Å². The molecule has 1 N–H and O–H groups in total. The Kier molecular flexibility index (Phi) is 6.23. The van der Waals surface area contributed by atoms with Crippen LogP contribution in [0.1, 0.15) is 62.5 Å². The standard InChI is InChI=1S/C30H32N4O2S/c1-29(2,3)25(35)22-17-31-27(32-22)21-12-8-10-19(16-21)18-9-7-11-20(15-18)23-24(26(36)30(4,5)6)34-13-14-37-28(34)33-23/h7-12,15-17H,13-14H2,1-6H3,(H,31,32). The molecule has 0 bridgehead atoms. The van der Waals surface area contributed by atoms with Gasteiger partial charge in [-0.2, -0.15) is 0 Å². The molecule has 0 spiro atoms. The molecule has 2 aromatic carbocycles. The van der Waals surface area contributed by atoms with Crippen LogP contribution in [0.15, 0.2) is 59.9 Å². The number of nitrogens with zero attached hydrogens (tertiary/aromatic N) is 3. The van der Waals surface area contributed by atoms with Crippen molar-refractivity contribution in [3.05, 3.63) is 66.1 Å². The van der Waals surface area contributed by atoms with Gasteiger partial charge in [-0.3, -0.25) is 9.59 Å². The van der Waals surface area contributed by atoms with Crippen LogP contribution in [0.5, 0.6) is 0 Å². The van der Waals surface area contributed by atoms with E-state index in [0.29, 0.717) is 17.2 Å². The molecule has 37 heavy (non-hydrogen) atoms. The van der Waals surface area contributed by atoms with Gasteiger partial charge in [0.05, 0.1) is 0 Å². The molecule has 0 unspecified atom stereocenters. The molecular weight excluding hydrogens is 480 g/mol. The number of H-pyrrole nitrogens is 1. The Labute approximate surface area is 221 Å². The molecule has 190 valence electrons. The first kappa shape index (κ1) is 25.2. The lowest BCUT2D eigenvalue weighted by atomic mass is 9.87. The van der Waals surface area contributed by atoms with Gasteiger partial charge in [-0.1, -0.05) is 89.7 Å². The van der Waals surface area contributed by atoms with E-state index in [9.17, 15) is 9.59 Å². The van der Waals surface area contributed by atoms with E-state index in [4.69, 9.17) is 4.98 Å². The highest BCUT2D eigenvalue weighted by atomic mass is 32.2. The summed E-state index contributed by atoms with van der Waals surface area (Å²) in [4.78, 5) is 38.7. The molecule has 0 amide bonds. The molecule has 3 heterocycles. The molecule has 2 aromatic heterocycles. The molecule has 4 aromatic rings. The SMILES string of the molecule is CC(C)(C)C(=O)c1c[nH]c(-c2cccc(-c3cccc(-c4nc5n(c4C(=O)C(C)(C)C)CCS5)c3)c2)n1. The van der Waals surface area contributed by atoms with Gasteiger partial charge in [0, 0.05) is 40.5 Å². The van der Waals surface area contributed by atoms with Gasteiger partial charge in [0.25, 0.3) is 0 Å². The summed E-state index contributed by atoms with van der Waals surface area (Å²) in [5, 5.41) is 0.911. The third kappa shape index (κ3) is 4.80. The molecule has 1 aliphatic heterocycles. The Hall–Kier alpha value is -3.45. The highest BCUT2D eigenvalue weighted by Gasteiger charge is 2.33. The number of rotatable bonds is 5. The quantitative estimate of drug-likeness (QED) is 0.287. The number of aromatic amines is 1. The van der Waals surface area contributed by atoms with E-state index >= 15 is 0 Å². The second-order valence-electron chi connectivity index (χ2n) is 11.5. The highest BCUT2D eigenvalue weighted by molar-refractivity contribution is 7.99. The molecular formula is C30H32N4O2S. The van der Waals surface area contributed by atoms with Crippen LogP contribution in [0.25, 0.3) is 33.8 Å². The van der Waals surface area contributed by atoms with E-state index in [0.717, 1.165) is 45.4 Å². The van der Waals surface area contributed by atoms with E-state index in [-0.39, 0.29) is 11.6 Å². The van der Waals surface area contributed by atoms with Crippen LogP contribution in [0.3, 0.4) is 0 Å². The van der Waals surface area contributed by atoms with Crippen molar-refractivity contribution in [2.24, 2.45) is 10.8 Å². The fourth-order valence-corrected chi connectivity index (χ4v) is 5.38. The molecule has 7 heteroatoms. The maximum absolute atomic E-state index is 13.4. The van der Waals surface area contributed by atoms with E-state index in [1.54, 1.807) is 18.0 Å². The van der Waals surface area contributed by atoms with Crippen molar-refractivity contribution in [2.75, 3.05) is 5.75 Å². The first-order chi connectivity index (χ1) is 17.4. The number of hydrogen-bond donors (Lipinski definition) is 1. The van der Waals surface area contributed by atoms with Crippen molar-refractivity contribution in [3.8, 4) is 33.8 Å². The largest absolute Gasteiger partial charge is 0.344 e. The number of carbonyl (C=O) groups is 2. The Morgan fingerprint density at radius 2 is 1.43 bits per heavy atom. The maximum Gasteiger partial charge on any atom is 0.188 e. The average Bonchev–Trinajstić information content (AvgIpc) is 3.58. The molecule has 0 radical (unpaired) electrons. The third-order valence-corrected chi connectivity index (χ3v) is 7.43. The van der Waals surface area contributed by atoms with Gasteiger partial charge >= 0.3 is 0 Å². The number of imidazole rings is 2. The Morgan fingerprint density at radius 1 is 0.838 bits per heavy atom. The summed E-state index contributed by atoms with van der Waals surface area (Å²) in [6.07, 6.45) is 1.68. The zero-order valence-corrected chi connectivity index (χ0v) is 23.0. The summed E-state index contributed by atoms with van der Waals surface area (Å²) in [5.41, 5.74) is 4.76. The Bertz CT molecular complexity index is 1520. The number of carbonyl (C=O) groups excluding carboxylic acids is 2. The van der Waals surface area contributed by atoms with Crippen LogP contribution in [-0.4, -0.2) is 36.8 Å². The van der Waals surface area contributed by atoms with Crippen molar-refractivity contribution in [2.45, 2.75) is 53.2 Å². The number of fused-ring (bicyclic) bond motifs is 1. The van der Waals surface area contributed by atoms with Crippen molar-refractivity contribution in [1.29, 1.82) is 0 Å². The molecule has 0 saturated heterocycles. The molecule has 6 nitrogen and oxygen atoms in total. The van der Waals surface area contributed by atoms with Gasteiger partial charge in [-0.05, 0) is 23.3 Å². The first-order valence-electron chi connectivity index (χ1n) is 12.5. The number of ketones is 2. The zero-order chi connectivity index (χ0) is 26.5. The van der Waals surface area contributed by atoms with Crippen molar-refractivity contribution < 1.29 is 9.59 Å². The summed E-state index contributed by atoms with van der Waals surface area (Å²) in [6, 6.07) is 16.3. The average molecular weight is 513 g/mol. The minimum Gasteiger partial charge on any atom is -0.344 e. The van der Waals surface area contributed by atoms with E-state index in [1.807, 2.05) is 65.8 Å². The summed E-state index contributed by atoms with van der Waals surface area (Å²) >= 11 is 1.70. The third-order valence-electron chi connectivity index (χ3n) is 6.47. The summed E-state index contributed by atoms with van der Waals surface area (Å²) in [5.74, 6) is 1.71. The number of nitrogens with one attached hydrogen (secondary N) is 1. The van der Waals surface area contributed by atoms with Crippen LogP contribution in [0.4, 0.5) is 0 Å². The predicted octanol–water partition coefficient (Wildman–Crippen LogP) is 7.17. The van der Waals surface area contributed by atoms with Crippen molar-refractivity contribution >= 4 is 23.3 Å². The van der Waals surface area contributed by atoms with Gasteiger partial charge in [0.15, 0.2) is 16.7 Å². The Morgan fingerprint density at radius 3 is 2.08 bits per heavy atom. The minimum atomic E-state index is -0.499. The van der Waals surface area contributed by atoms with E-state index in [1.165, 1.54) is 0 Å². The summed E-state index contributed by atoms with van der Waals surface area (Å²) in [6.45, 7) is 12.4. The second kappa shape index (κ2) is 9.14. The van der Waals surface area contributed by atoms with E-state index in [2.05, 4.69) is 38.8 Å². The molecule has 0 aliphatic carbocycles. The normalized spacial score (nSPS) is 13.6. The topological polar surface area (TPSA) is 80.6 Å². The monoisotopic (exact) mass is 512 g/mol. The van der Waals surface area contributed by atoms with Crippen LogP contribution < -0.4 is 0 Å². The predicted molar refractivity (Wildman–Crippen MR) is 149 cm³/mol. The lowest BCUT2D eigenvalue weighted by molar-refractivity contribution is 0.0844. The van der Waals surface area contributed by atoms with E-state index < -0.39 is 10.8 Å². The van der Waals surface area contributed by atoms with Crippen LogP contribution in [0.2, 0.25) is 0 Å². The fraction of sp³-hybridized carbons (Fsp3) is 0.333. The number of Topliss-reactive ketones (excluding diaryl/α,β-unsaturated/α-hetero) is 2. The van der Waals surface area contributed by atoms with Gasteiger partial charge < -0.3 is 9.55 Å². The lowest BCUT2D eigenvalue weighted by Gasteiger charge is -2.18. The number of aromatic nitrogens is 4. The van der Waals surface area contributed by atoms with Crippen LogP contribution in [-0.2, 0) is 6.54 Å². The number of hydrogen-bond acceptors (Lipinski definition) is 5. The number of benzene rings is 2. The smallest absolute Gasteiger partial charge is 0.188 e. The van der Waals surface area contributed by atoms with Crippen LogP contribution >= 0.6 is 11.8 Å². The lowest BCUT2D eigenvalue weighted by Crippen LogP contribution is -2.24. The molecule has 1 aliphatic rings. The zero-order valence-electron chi connectivity index (χ0n) is 22.2. The minimum absolute atomic E-state index is 0.00425. The van der Waals surface area contributed by atoms with Gasteiger partial charge in [0.2, 0.25) is 0 Å². The van der Waals surface area contributed by atoms with Gasteiger partial charge in [-0.15, -0.1) is 0 Å². The number of thioether (sulfide) groups is 1. The summed E-state index contributed by atoms with van der Waals surface area (Å²) in [7, 11) is 0. The fourth-order valence-electron chi connectivity index (χ4n) is 4.43. The maximum atomic E-state index is 13.4. The molecule has 0 atom stereocenters.